The van der Waals surface area contributed by atoms with Gasteiger partial charge in [0.2, 0.25) is 0 Å². The molecule has 0 radical (unpaired) electrons. The van der Waals surface area contributed by atoms with Gasteiger partial charge in [-0.1, -0.05) is 37.6 Å². The third-order valence-corrected chi connectivity index (χ3v) is 5.38. The summed E-state index contributed by atoms with van der Waals surface area (Å²) < 4.78 is 16.4. The molecule has 0 heterocycles. The van der Waals surface area contributed by atoms with Gasteiger partial charge in [0.1, 0.15) is 12.1 Å². The van der Waals surface area contributed by atoms with Gasteiger partial charge in [-0.15, -0.1) is 0 Å². The molecule has 0 spiro atoms. The van der Waals surface area contributed by atoms with E-state index in [0.29, 0.717) is 23.1 Å². The number of methoxy groups -OCH3 is 1. The molecule has 8 heteroatoms. The lowest BCUT2D eigenvalue weighted by molar-refractivity contribution is -0.130. The van der Waals surface area contributed by atoms with Crippen molar-refractivity contribution < 1.29 is 23.8 Å². The second-order valence-corrected chi connectivity index (χ2v) is 8.22. The summed E-state index contributed by atoms with van der Waals surface area (Å²) in [7, 11) is 1.46. The van der Waals surface area contributed by atoms with Crippen LogP contribution in [-0.4, -0.2) is 30.6 Å². The van der Waals surface area contributed by atoms with Crippen molar-refractivity contribution in [2.75, 3.05) is 7.11 Å². The Kier molecular flexibility index (Phi) is 8.50. The van der Waals surface area contributed by atoms with Crippen molar-refractivity contribution >= 4 is 23.5 Å². The molecule has 0 aliphatic carbocycles. The second-order valence-electron chi connectivity index (χ2n) is 7.79. The monoisotopic (exact) mass is 458 g/mol. The van der Waals surface area contributed by atoms with Gasteiger partial charge in [0.25, 0.3) is 5.91 Å². The van der Waals surface area contributed by atoms with Crippen LogP contribution in [0.2, 0.25) is 5.02 Å². The molecule has 1 amide bonds. The van der Waals surface area contributed by atoms with E-state index < -0.39 is 23.5 Å². The first kappa shape index (κ1) is 25.0. The Morgan fingerprint density at radius 1 is 1.12 bits per heavy atom. The highest BCUT2D eigenvalue weighted by Gasteiger charge is 2.32. The summed E-state index contributed by atoms with van der Waals surface area (Å²) in [4.78, 5) is 25.0. The lowest BCUT2D eigenvalue weighted by atomic mass is 9.90. The highest BCUT2D eigenvalue weighted by atomic mass is 35.5. The molecule has 0 saturated heterocycles. The number of ether oxygens (including phenoxy) is 3. The van der Waals surface area contributed by atoms with Crippen LogP contribution in [0, 0.1) is 17.2 Å². The van der Waals surface area contributed by atoms with Gasteiger partial charge in [0.05, 0.1) is 18.7 Å². The molecule has 0 fully saturated rings. The number of nitrogens with one attached hydrogen (secondary N) is 1. The lowest BCUT2D eigenvalue weighted by Crippen LogP contribution is -2.52. The number of benzene rings is 2. The Labute approximate surface area is 193 Å². The van der Waals surface area contributed by atoms with E-state index in [4.69, 9.17) is 25.8 Å². The predicted molar refractivity (Wildman–Crippen MR) is 121 cm³/mol. The van der Waals surface area contributed by atoms with Gasteiger partial charge in [-0.25, -0.2) is 4.79 Å². The van der Waals surface area contributed by atoms with Crippen LogP contribution in [0.25, 0.3) is 0 Å². The van der Waals surface area contributed by atoms with E-state index in [1.807, 2.05) is 26.0 Å². The summed E-state index contributed by atoms with van der Waals surface area (Å²) in [6, 6.07) is 13.9. The molecule has 0 aromatic heterocycles. The Balaban J connectivity index is 2.04. The van der Waals surface area contributed by atoms with E-state index in [2.05, 4.69) is 11.4 Å². The molecule has 2 unspecified atom stereocenters. The molecule has 2 rings (SSSR count). The molecule has 0 bridgehead atoms. The minimum Gasteiger partial charge on any atom is -0.493 e. The minimum absolute atomic E-state index is 0.121. The third-order valence-electron chi connectivity index (χ3n) is 5.13. The molecule has 2 aromatic carbocycles. The van der Waals surface area contributed by atoms with Crippen LogP contribution in [0.3, 0.4) is 0 Å². The molecule has 7 nitrogen and oxygen atoms in total. The molecule has 0 aliphatic rings. The highest BCUT2D eigenvalue weighted by molar-refractivity contribution is 6.30. The fraction of sp³-hybridized carbons (Fsp3) is 0.375. The molecular formula is C24H27ClN2O5. The maximum atomic E-state index is 12.5. The van der Waals surface area contributed by atoms with E-state index in [1.54, 1.807) is 25.1 Å². The van der Waals surface area contributed by atoms with Gasteiger partial charge in [-0.2, -0.15) is 5.26 Å². The number of nitrogens with zero attached hydrogens (tertiary/aromatic N) is 1. The van der Waals surface area contributed by atoms with Gasteiger partial charge < -0.3 is 19.5 Å². The van der Waals surface area contributed by atoms with E-state index in [1.165, 1.54) is 26.2 Å². The van der Waals surface area contributed by atoms with Crippen molar-refractivity contribution in [2.24, 2.45) is 5.92 Å². The Morgan fingerprint density at radius 2 is 1.78 bits per heavy atom. The number of nitriles is 1. The molecule has 32 heavy (non-hydrogen) atoms. The van der Waals surface area contributed by atoms with Gasteiger partial charge in [0, 0.05) is 5.02 Å². The first-order chi connectivity index (χ1) is 15.1. The standard InChI is InChI=1S/C24H27ClN2O5/c1-15(2)24(4,14-26)27-22(28)16(3)32-23(29)18-8-11-20(21(12-18)30-5)31-13-17-6-9-19(25)10-7-17/h6-12,15-16H,13H2,1-5H3,(H,27,28). The average Bonchev–Trinajstić information content (AvgIpc) is 2.78. The minimum atomic E-state index is -1.08. The predicted octanol–water partition coefficient (Wildman–Crippen LogP) is 4.53. The number of carbonyl (C=O) groups is 2. The molecule has 0 saturated carbocycles. The normalized spacial score (nSPS) is 13.4. The topological polar surface area (TPSA) is 97.6 Å². The second kappa shape index (κ2) is 10.9. The number of hydrogen-bond donors (Lipinski definition) is 1. The van der Waals surface area contributed by atoms with E-state index in [9.17, 15) is 14.9 Å². The maximum absolute atomic E-state index is 12.5. The molecule has 2 atom stereocenters. The summed E-state index contributed by atoms with van der Waals surface area (Å²) in [6.07, 6.45) is -1.08. The SMILES string of the molecule is COc1cc(C(=O)OC(C)C(=O)NC(C)(C#N)C(C)C)ccc1OCc1ccc(Cl)cc1. The van der Waals surface area contributed by atoms with Gasteiger partial charge >= 0.3 is 5.97 Å². The number of hydrogen-bond acceptors (Lipinski definition) is 6. The first-order valence-electron chi connectivity index (χ1n) is 10.1. The van der Waals surface area contributed by atoms with Crippen molar-refractivity contribution in [3.63, 3.8) is 0 Å². The Bertz CT molecular complexity index is 1000. The van der Waals surface area contributed by atoms with Crippen LogP contribution in [0.1, 0.15) is 43.6 Å². The zero-order valence-corrected chi connectivity index (χ0v) is 19.5. The van der Waals surface area contributed by atoms with E-state index >= 15 is 0 Å². The summed E-state index contributed by atoms with van der Waals surface area (Å²) in [5.74, 6) is -0.567. The van der Waals surface area contributed by atoms with Gasteiger partial charge in [0.15, 0.2) is 17.6 Å². The Morgan fingerprint density at radius 3 is 2.34 bits per heavy atom. The van der Waals surface area contributed by atoms with Crippen molar-refractivity contribution in [1.29, 1.82) is 5.26 Å². The highest BCUT2D eigenvalue weighted by Crippen LogP contribution is 2.29. The molecule has 170 valence electrons. The van der Waals surface area contributed by atoms with Crippen molar-refractivity contribution in [3.05, 3.63) is 58.6 Å². The van der Waals surface area contributed by atoms with Crippen molar-refractivity contribution in [3.8, 4) is 17.6 Å². The summed E-state index contributed by atoms with van der Waals surface area (Å²) in [5.41, 5.74) is 0.0575. The summed E-state index contributed by atoms with van der Waals surface area (Å²) in [5, 5.41) is 12.6. The van der Waals surface area contributed by atoms with Crippen LogP contribution < -0.4 is 14.8 Å². The van der Waals surface area contributed by atoms with Crippen LogP contribution in [0.4, 0.5) is 0 Å². The van der Waals surface area contributed by atoms with Crippen LogP contribution in [0.15, 0.2) is 42.5 Å². The van der Waals surface area contributed by atoms with Gasteiger partial charge in [-0.05, 0) is 55.7 Å². The quantitative estimate of drug-likeness (QED) is 0.554. The first-order valence-corrected chi connectivity index (χ1v) is 10.5. The summed E-state index contributed by atoms with van der Waals surface area (Å²) >= 11 is 5.89. The van der Waals surface area contributed by atoms with Crippen LogP contribution in [0.5, 0.6) is 11.5 Å². The number of amides is 1. The fourth-order valence-electron chi connectivity index (χ4n) is 2.60. The molecule has 2 aromatic rings. The van der Waals surface area contributed by atoms with Crippen LogP contribution in [-0.2, 0) is 16.1 Å². The molecular weight excluding hydrogens is 432 g/mol. The van der Waals surface area contributed by atoms with Gasteiger partial charge in [-0.3, -0.25) is 4.79 Å². The zero-order chi connectivity index (χ0) is 23.9. The lowest BCUT2D eigenvalue weighted by Gasteiger charge is -2.28. The average molecular weight is 459 g/mol. The third kappa shape index (κ3) is 6.38. The summed E-state index contributed by atoms with van der Waals surface area (Å²) in [6.45, 7) is 7.01. The van der Waals surface area contributed by atoms with Crippen LogP contribution >= 0.6 is 11.6 Å². The number of carbonyl (C=O) groups excluding carboxylic acids is 2. The van der Waals surface area contributed by atoms with E-state index in [0.717, 1.165) is 5.56 Å². The van der Waals surface area contributed by atoms with Crippen molar-refractivity contribution in [1.82, 2.24) is 5.32 Å². The molecule has 0 aliphatic heterocycles. The molecule has 1 N–H and O–H groups in total. The van der Waals surface area contributed by atoms with Crippen molar-refractivity contribution in [2.45, 2.75) is 45.9 Å². The maximum Gasteiger partial charge on any atom is 0.339 e. The fourth-order valence-corrected chi connectivity index (χ4v) is 2.72. The zero-order valence-electron chi connectivity index (χ0n) is 18.8. The largest absolute Gasteiger partial charge is 0.493 e. The number of esters is 1. The number of rotatable bonds is 9. The van der Waals surface area contributed by atoms with E-state index in [-0.39, 0.29) is 11.5 Å². The number of halogens is 1. The Hall–Kier alpha value is -3.24. The smallest absolute Gasteiger partial charge is 0.339 e.